The number of rotatable bonds is 33. The molecule has 0 radical (unpaired) electrons. The second-order valence-corrected chi connectivity index (χ2v) is 16.3. The predicted molar refractivity (Wildman–Crippen MR) is 202 cm³/mol. The van der Waals surface area contributed by atoms with E-state index >= 15 is 0 Å². The molecule has 3 atom stereocenters. The Morgan fingerprint density at radius 3 is 1.14 bits per heavy atom. The van der Waals surface area contributed by atoms with Gasteiger partial charge in [0, 0.05) is 29.7 Å². The van der Waals surface area contributed by atoms with E-state index < -0.39 is 8.80 Å². The number of alkyl halides is 1. The largest absolute Gasteiger partial charge is 0.501 e. The van der Waals surface area contributed by atoms with Gasteiger partial charge in [-0.3, -0.25) is 0 Å². The molecule has 0 saturated heterocycles. The van der Waals surface area contributed by atoms with E-state index in [-0.39, 0.29) is 18.3 Å². The Balaban J connectivity index is 5.46. The zero-order chi connectivity index (χ0) is 32.6. The fraction of sp³-hybridized carbons (Fsp3) is 0.846. The molecule has 0 heterocycles. The quantitative estimate of drug-likeness (QED) is 0.0295. The van der Waals surface area contributed by atoms with Crippen LogP contribution >= 0.6 is 15.9 Å². The predicted octanol–water partition coefficient (Wildman–Crippen LogP) is 13.8. The van der Waals surface area contributed by atoms with Gasteiger partial charge in [-0.1, -0.05) is 125 Å². The smallest absolute Gasteiger partial charge is 0.371 e. The summed E-state index contributed by atoms with van der Waals surface area (Å²) in [5.74, 6) is 0. The highest BCUT2D eigenvalue weighted by Gasteiger charge is 2.44. The molecule has 0 saturated carbocycles. The first-order valence-electron chi connectivity index (χ1n) is 19.0. The van der Waals surface area contributed by atoms with Crippen LogP contribution in [-0.2, 0) is 13.3 Å². The van der Waals surface area contributed by atoms with Crippen LogP contribution in [0.1, 0.15) is 183 Å². The van der Waals surface area contributed by atoms with Crippen LogP contribution in [0.15, 0.2) is 36.5 Å². The lowest BCUT2D eigenvalue weighted by molar-refractivity contribution is -0.0133. The molecule has 0 bridgehead atoms. The van der Waals surface area contributed by atoms with Crippen LogP contribution in [0.25, 0.3) is 0 Å². The molecule has 0 aromatic heterocycles. The van der Waals surface area contributed by atoms with Gasteiger partial charge in [0.25, 0.3) is 0 Å². The molecular formula is C39H75BrO3Si. The number of hydrogen-bond donors (Lipinski definition) is 0. The van der Waals surface area contributed by atoms with Crippen LogP contribution in [0.5, 0.6) is 0 Å². The van der Waals surface area contributed by atoms with Crippen LogP contribution in [-0.4, -0.2) is 32.4 Å². The second-order valence-electron chi connectivity index (χ2n) is 13.0. The molecule has 0 amide bonds. The highest BCUT2D eigenvalue weighted by atomic mass is 79.9. The van der Waals surface area contributed by atoms with Crippen molar-refractivity contribution in [1.29, 1.82) is 0 Å². The van der Waals surface area contributed by atoms with Gasteiger partial charge in [0.05, 0.1) is 0 Å². The Morgan fingerprint density at radius 1 is 0.455 bits per heavy atom. The molecule has 3 unspecified atom stereocenters. The maximum Gasteiger partial charge on any atom is 0.501 e. The number of allylic oxidation sites excluding steroid dienone is 6. The van der Waals surface area contributed by atoms with E-state index in [2.05, 4.69) is 93.9 Å². The maximum absolute atomic E-state index is 6.99. The van der Waals surface area contributed by atoms with Crippen molar-refractivity contribution in [2.75, 3.05) is 5.33 Å². The van der Waals surface area contributed by atoms with Crippen molar-refractivity contribution in [3.05, 3.63) is 36.5 Å². The van der Waals surface area contributed by atoms with Gasteiger partial charge in [0.15, 0.2) is 0 Å². The summed E-state index contributed by atoms with van der Waals surface area (Å²) in [6.45, 7) is 13.5. The molecule has 0 aliphatic rings. The molecule has 5 heteroatoms. The first kappa shape index (κ1) is 43.8. The fourth-order valence-electron chi connectivity index (χ4n) is 5.38. The van der Waals surface area contributed by atoms with Gasteiger partial charge in [0.1, 0.15) is 0 Å². The van der Waals surface area contributed by atoms with Gasteiger partial charge in [-0.05, 0) is 111 Å². The average molecular weight is 700 g/mol. The van der Waals surface area contributed by atoms with E-state index in [9.17, 15) is 0 Å². The molecule has 0 rings (SSSR count). The first-order chi connectivity index (χ1) is 21.4. The second kappa shape index (κ2) is 32.7. The van der Waals surface area contributed by atoms with E-state index in [0.717, 1.165) is 56.3 Å². The molecular weight excluding hydrogens is 624 g/mol. The van der Waals surface area contributed by atoms with Crippen molar-refractivity contribution in [2.24, 2.45) is 0 Å². The Hall–Kier alpha value is -0.203. The van der Waals surface area contributed by atoms with E-state index in [1.54, 1.807) is 0 Å². The standard InChI is InChI=1S/C39H75BrO3Si/c1-7-10-13-16-19-22-27-32-37(4)41-44(36-31-26-25-30-35-40,42-38(5)33-28-23-20-17-14-11-8-2)43-39(6)34-29-24-21-18-15-12-9-3/h19-24,37-39H,7-18,25-36H2,1-6H3/b22-19-,23-20-,24-21-. The van der Waals surface area contributed by atoms with E-state index in [4.69, 9.17) is 13.3 Å². The molecule has 44 heavy (non-hydrogen) atoms. The normalized spacial score (nSPS) is 15.9. The van der Waals surface area contributed by atoms with Gasteiger partial charge >= 0.3 is 8.80 Å². The lowest BCUT2D eigenvalue weighted by Crippen LogP contribution is -2.51. The Morgan fingerprint density at radius 2 is 0.795 bits per heavy atom. The third kappa shape index (κ3) is 28.1. The summed E-state index contributed by atoms with van der Waals surface area (Å²) in [7, 11) is -2.89. The topological polar surface area (TPSA) is 27.7 Å². The summed E-state index contributed by atoms with van der Waals surface area (Å²) < 4.78 is 21.0. The summed E-state index contributed by atoms with van der Waals surface area (Å²) in [5, 5.41) is 1.08. The first-order valence-corrected chi connectivity index (χ1v) is 22.0. The van der Waals surface area contributed by atoms with Crippen molar-refractivity contribution in [2.45, 2.75) is 207 Å². The van der Waals surface area contributed by atoms with Crippen molar-refractivity contribution in [3.8, 4) is 0 Å². The number of halogens is 1. The van der Waals surface area contributed by atoms with Gasteiger partial charge < -0.3 is 13.3 Å². The van der Waals surface area contributed by atoms with Gasteiger partial charge in [-0.15, -0.1) is 0 Å². The maximum atomic E-state index is 6.99. The molecule has 0 spiro atoms. The molecule has 0 aromatic rings. The van der Waals surface area contributed by atoms with Crippen LogP contribution in [0, 0.1) is 0 Å². The summed E-state index contributed by atoms with van der Waals surface area (Å²) in [6.07, 6.45) is 40.8. The Kier molecular flexibility index (Phi) is 32.6. The minimum absolute atomic E-state index is 0.126. The molecule has 260 valence electrons. The molecule has 0 fully saturated rings. The minimum Gasteiger partial charge on any atom is -0.371 e. The van der Waals surface area contributed by atoms with E-state index in [1.807, 2.05) is 0 Å². The van der Waals surface area contributed by atoms with Crippen molar-refractivity contribution < 1.29 is 13.3 Å². The monoisotopic (exact) mass is 698 g/mol. The summed E-state index contributed by atoms with van der Waals surface area (Å²) in [4.78, 5) is 0. The third-order valence-corrected chi connectivity index (χ3v) is 12.0. The summed E-state index contributed by atoms with van der Waals surface area (Å²) >= 11 is 3.60. The van der Waals surface area contributed by atoms with Crippen molar-refractivity contribution in [3.63, 3.8) is 0 Å². The average Bonchev–Trinajstić information content (AvgIpc) is 2.99. The minimum atomic E-state index is -2.89. The van der Waals surface area contributed by atoms with Crippen molar-refractivity contribution >= 4 is 24.7 Å². The lowest BCUT2D eigenvalue weighted by atomic mass is 10.1. The van der Waals surface area contributed by atoms with E-state index in [0.29, 0.717) is 0 Å². The SMILES string of the molecule is CCCCC/C=C\CCC(C)O[Si](CCCCCCBr)(OC(C)CC/C=C\CCCCC)OC(C)CC/C=C\CCCCC. The lowest BCUT2D eigenvalue weighted by Gasteiger charge is -2.37. The van der Waals surface area contributed by atoms with Crippen molar-refractivity contribution in [1.82, 2.24) is 0 Å². The highest BCUT2D eigenvalue weighted by Crippen LogP contribution is 2.28. The summed E-state index contributed by atoms with van der Waals surface area (Å²) in [6, 6.07) is 0.918. The van der Waals surface area contributed by atoms with Crippen LogP contribution in [0.3, 0.4) is 0 Å². The van der Waals surface area contributed by atoms with E-state index in [1.165, 1.54) is 96.3 Å². The Labute approximate surface area is 285 Å². The molecule has 0 N–H and O–H groups in total. The third-order valence-electron chi connectivity index (χ3n) is 8.15. The fourth-order valence-corrected chi connectivity index (χ4v) is 9.17. The number of hydrogen-bond acceptors (Lipinski definition) is 3. The van der Waals surface area contributed by atoms with Gasteiger partial charge in [-0.25, -0.2) is 0 Å². The van der Waals surface area contributed by atoms with Crippen LogP contribution in [0.2, 0.25) is 6.04 Å². The Bertz CT molecular complexity index is 601. The zero-order valence-electron chi connectivity index (χ0n) is 30.3. The van der Waals surface area contributed by atoms with Crippen LogP contribution in [0.4, 0.5) is 0 Å². The molecule has 3 nitrogen and oxygen atoms in total. The molecule has 0 aromatic carbocycles. The summed E-state index contributed by atoms with van der Waals surface area (Å²) in [5.41, 5.74) is 0. The number of unbranched alkanes of at least 4 members (excludes halogenated alkanes) is 12. The molecule has 0 aliphatic heterocycles. The van der Waals surface area contributed by atoms with Crippen LogP contribution < -0.4 is 0 Å². The zero-order valence-corrected chi connectivity index (χ0v) is 32.9. The van der Waals surface area contributed by atoms with Gasteiger partial charge in [0.2, 0.25) is 0 Å². The highest BCUT2D eigenvalue weighted by molar-refractivity contribution is 9.09. The molecule has 0 aliphatic carbocycles. The van der Waals surface area contributed by atoms with Gasteiger partial charge in [-0.2, -0.15) is 0 Å².